The summed E-state index contributed by atoms with van der Waals surface area (Å²) in [5.41, 5.74) is 9.00. The summed E-state index contributed by atoms with van der Waals surface area (Å²) in [6.07, 6.45) is 0. The van der Waals surface area contributed by atoms with Gasteiger partial charge in [-0.2, -0.15) is 0 Å². The molecule has 0 aliphatic carbocycles. The van der Waals surface area contributed by atoms with Crippen LogP contribution >= 0.6 is 0 Å². The molecule has 0 heterocycles. The number of hydrogen-bond donors (Lipinski definition) is 1. The van der Waals surface area contributed by atoms with Gasteiger partial charge in [0.2, 0.25) is 0 Å². The van der Waals surface area contributed by atoms with E-state index in [0.29, 0.717) is 17.8 Å². The summed E-state index contributed by atoms with van der Waals surface area (Å²) in [7, 11) is 5.59. The monoisotopic (exact) mass is 247 g/mol. The standard InChI is InChI=1S/C14H21N3O/c1-10(2)9-17(5)14(18)11-6-7-13(16(3)4)12(15)8-11/h6-8H,1,9,15H2,2-5H3. The number of nitrogens with zero attached hydrogens (tertiary/aromatic N) is 2. The zero-order chi connectivity index (χ0) is 13.9. The number of benzene rings is 1. The van der Waals surface area contributed by atoms with Gasteiger partial charge < -0.3 is 15.5 Å². The molecule has 0 aliphatic heterocycles. The Hall–Kier alpha value is -1.97. The molecule has 0 fully saturated rings. The molecule has 0 saturated carbocycles. The molecule has 1 rings (SSSR count). The number of amides is 1. The number of rotatable bonds is 4. The van der Waals surface area contributed by atoms with E-state index in [-0.39, 0.29) is 5.91 Å². The van der Waals surface area contributed by atoms with Gasteiger partial charge in [-0.05, 0) is 25.1 Å². The minimum absolute atomic E-state index is 0.0463. The topological polar surface area (TPSA) is 49.6 Å². The highest BCUT2D eigenvalue weighted by molar-refractivity contribution is 5.96. The fraction of sp³-hybridized carbons (Fsp3) is 0.357. The normalized spacial score (nSPS) is 10.0. The average Bonchev–Trinajstić information content (AvgIpc) is 2.26. The van der Waals surface area contributed by atoms with Gasteiger partial charge in [0.1, 0.15) is 0 Å². The molecular formula is C14H21N3O. The Kier molecular flexibility index (Phi) is 4.37. The van der Waals surface area contributed by atoms with Gasteiger partial charge in [-0.3, -0.25) is 4.79 Å². The van der Waals surface area contributed by atoms with E-state index < -0.39 is 0 Å². The van der Waals surface area contributed by atoms with Crippen LogP contribution < -0.4 is 10.6 Å². The van der Waals surface area contributed by atoms with E-state index in [0.717, 1.165) is 11.3 Å². The van der Waals surface area contributed by atoms with Crippen molar-refractivity contribution in [3.8, 4) is 0 Å². The van der Waals surface area contributed by atoms with E-state index in [1.807, 2.05) is 32.0 Å². The van der Waals surface area contributed by atoms with E-state index in [1.54, 1.807) is 24.1 Å². The van der Waals surface area contributed by atoms with Gasteiger partial charge in [0.05, 0.1) is 11.4 Å². The minimum atomic E-state index is -0.0463. The lowest BCUT2D eigenvalue weighted by atomic mass is 10.1. The molecule has 0 unspecified atom stereocenters. The predicted molar refractivity (Wildman–Crippen MR) is 77.0 cm³/mol. The van der Waals surface area contributed by atoms with Crippen molar-refractivity contribution in [2.75, 3.05) is 38.3 Å². The van der Waals surface area contributed by atoms with Gasteiger partial charge in [-0.25, -0.2) is 0 Å². The molecule has 4 nitrogen and oxygen atoms in total. The summed E-state index contributed by atoms with van der Waals surface area (Å²) >= 11 is 0. The molecule has 0 atom stereocenters. The number of nitrogens with two attached hydrogens (primary N) is 1. The van der Waals surface area contributed by atoms with Gasteiger partial charge >= 0.3 is 0 Å². The number of hydrogen-bond acceptors (Lipinski definition) is 3. The lowest BCUT2D eigenvalue weighted by Crippen LogP contribution is -2.28. The van der Waals surface area contributed by atoms with Crippen molar-refractivity contribution in [3.05, 3.63) is 35.9 Å². The van der Waals surface area contributed by atoms with Crippen LogP contribution in [0.5, 0.6) is 0 Å². The van der Waals surface area contributed by atoms with Gasteiger partial charge in [0, 0.05) is 33.3 Å². The Morgan fingerprint density at radius 1 is 1.33 bits per heavy atom. The van der Waals surface area contributed by atoms with E-state index in [2.05, 4.69) is 6.58 Å². The number of carbonyl (C=O) groups excluding carboxylic acids is 1. The van der Waals surface area contributed by atoms with Crippen LogP contribution in [-0.2, 0) is 0 Å². The Morgan fingerprint density at radius 3 is 2.39 bits per heavy atom. The van der Waals surface area contributed by atoms with Crippen molar-refractivity contribution in [2.45, 2.75) is 6.92 Å². The van der Waals surface area contributed by atoms with Gasteiger partial charge in [-0.1, -0.05) is 12.2 Å². The zero-order valence-corrected chi connectivity index (χ0v) is 11.5. The van der Waals surface area contributed by atoms with Gasteiger partial charge in [0.15, 0.2) is 0 Å². The molecule has 0 aliphatic rings. The highest BCUT2D eigenvalue weighted by Crippen LogP contribution is 2.22. The molecule has 0 saturated heterocycles. The summed E-state index contributed by atoms with van der Waals surface area (Å²) in [4.78, 5) is 15.7. The maximum atomic E-state index is 12.1. The summed E-state index contributed by atoms with van der Waals surface area (Å²) in [6.45, 7) is 6.25. The SMILES string of the molecule is C=C(C)CN(C)C(=O)c1ccc(N(C)C)c(N)c1. The van der Waals surface area contributed by atoms with Crippen LogP contribution in [0.3, 0.4) is 0 Å². The molecule has 0 radical (unpaired) electrons. The zero-order valence-electron chi connectivity index (χ0n) is 11.5. The van der Waals surface area contributed by atoms with Crippen LogP contribution in [0.1, 0.15) is 17.3 Å². The smallest absolute Gasteiger partial charge is 0.253 e. The van der Waals surface area contributed by atoms with Crippen molar-refractivity contribution < 1.29 is 4.79 Å². The van der Waals surface area contributed by atoms with Gasteiger partial charge in [-0.15, -0.1) is 0 Å². The third-order valence-electron chi connectivity index (χ3n) is 2.61. The van der Waals surface area contributed by atoms with E-state index >= 15 is 0 Å². The molecule has 1 amide bonds. The Labute approximate surface area is 109 Å². The van der Waals surface area contributed by atoms with E-state index in [4.69, 9.17) is 5.73 Å². The molecule has 1 aromatic rings. The molecule has 98 valence electrons. The van der Waals surface area contributed by atoms with Crippen molar-refractivity contribution >= 4 is 17.3 Å². The number of carbonyl (C=O) groups is 1. The molecule has 18 heavy (non-hydrogen) atoms. The maximum absolute atomic E-state index is 12.1. The molecule has 1 aromatic carbocycles. The molecule has 2 N–H and O–H groups in total. The first-order valence-electron chi connectivity index (χ1n) is 5.79. The third kappa shape index (κ3) is 3.26. The Balaban J connectivity index is 2.94. The van der Waals surface area contributed by atoms with Crippen LogP contribution in [0.25, 0.3) is 0 Å². The quantitative estimate of drug-likeness (QED) is 0.654. The Bertz CT molecular complexity index is 466. The minimum Gasteiger partial charge on any atom is -0.397 e. The fourth-order valence-electron chi connectivity index (χ4n) is 1.79. The first-order chi connectivity index (χ1) is 8.32. The highest BCUT2D eigenvalue weighted by atomic mass is 16.2. The summed E-state index contributed by atoms with van der Waals surface area (Å²) in [5, 5.41) is 0. The van der Waals surface area contributed by atoms with E-state index in [9.17, 15) is 4.79 Å². The van der Waals surface area contributed by atoms with Crippen LogP contribution in [0.2, 0.25) is 0 Å². The average molecular weight is 247 g/mol. The lowest BCUT2D eigenvalue weighted by Gasteiger charge is -2.19. The van der Waals surface area contributed by atoms with Crippen LogP contribution in [0, 0.1) is 0 Å². The molecule has 0 spiro atoms. The maximum Gasteiger partial charge on any atom is 0.253 e. The summed E-state index contributed by atoms with van der Waals surface area (Å²) < 4.78 is 0. The fourth-order valence-corrected chi connectivity index (χ4v) is 1.79. The van der Waals surface area contributed by atoms with Crippen LogP contribution in [0.4, 0.5) is 11.4 Å². The second kappa shape index (κ2) is 5.58. The van der Waals surface area contributed by atoms with E-state index in [1.165, 1.54) is 0 Å². The van der Waals surface area contributed by atoms with Crippen LogP contribution in [-0.4, -0.2) is 38.5 Å². The largest absolute Gasteiger partial charge is 0.397 e. The van der Waals surface area contributed by atoms with Crippen molar-refractivity contribution in [1.29, 1.82) is 0 Å². The van der Waals surface area contributed by atoms with Crippen LogP contribution in [0.15, 0.2) is 30.4 Å². The first kappa shape index (κ1) is 14.1. The Morgan fingerprint density at radius 2 is 1.94 bits per heavy atom. The predicted octanol–water partition coefficient (Wildman–Crippen LogP) is 1.98. The lowest BCUT2D eigenvalue weighted by molar-refractivity contribution is 0.0807. The van der Waals surface area contributed by atoms with Gasteiger partial charge in [0.25, 0.3) is 5.91 Å². The van der Waals surface area contributed by atoms with Crippen molar-refractivity contribution in [2.24, 2.45) is 0 Å². The number of nitrogen functional groups attached to an aromatic ring is 1. The number of likely N-dealkylation sites (N-methyl/N-ethyl adjacent to an activating group) is 1. The molecule has 0 bridgehead atoms. The summed E-state index contributed by atoms with van der Waals surface area (Å²) in [6, 6.07) is 5.37. The van der Waals surface area contributed by atoms with Crippen molar-refractivity contribution in [1.82, 2.24) is 4.90 Å². The second-order valence-electron chi connectivity index (χ2n) is 4.79. The molecular weight excluding hydrogens is 226 g/mol. The van der Waals surface area contributed by atoms with Crippen molar-refractivity contribution in [3.63, 3.8) is 0 Å². The number of anilines is 2. The summed E-state index contributed by atoms with van der Waals surface area (Å²) in [5.74, 6) is -0.0463. The third-order valence-corrected chi connectivity index (χ3v) is 2.61. The first-order valence-corrected chi connectivity index (χ1v) is 5.79. The molecule has 4 heteroatoms. The molecule has 0 aromatic heterocycles. The second-order valence-corrected chi connectivity index (χ2v) is 4.79. The highest BCUT2D eigenvalue weighted by Gasteiger charge is 2.13.